The zero-order valence-corrected chi connectivity index (χ0v) is 12.6. The molecule has 3 unspecified atom stereocenters. The van der Waals surface area contributed by atoms with Crippen molar-refractivity contribution in [2.45, 2.75) is 45.4 Å². The molecule has 1 N–H and O–H groups in total. The fourth-order valence-electron chi connectivity index (χ4n) is 3.49. The van der Waals surface area contributed by atoms with Crippen molar-refractivity contribution in [1.29, 1.82) is 0 Å². The van der Waals surface area contributed by atoms with E-state index in [-0.39, 0.29) is 11.8 Å². The molecule has 5 nitrogen and oxygen atoms in total. The minimum absolute atomic E-state index is 0.00239. The number of carbonyl (C=O) groups excluding carboxylic acids is 1. The van der Waals surface area contributed by atoms with Gasteiger partial charge in [0, 0.05) is 30.0 Å². The van der Waals surface area contributed by atoms with Crippen molar-refractivity contribution in [2.75, 3.05) is 0 Å². The minimum atomic E-state index is 0.00239. The van der Waals surface area contributed by atoms with E-state index in [1.165, 1.54) is 17.7 Å². The number of rotatable bonds is 2. The molecule has 4 rings (SSSR count). The summed E-state index contributed by atoms with van der Waals surface area (Å²) in [5, 5.41) is 9.17. The molecule has 0 spiro atoms. The van der Waals surface area contributed by atoms with Crippen LogP contribution in [0, 0.1) is 11.8 Å². The predicted molar refractivity (Wildman–Crippen MR) is 81.0 cm³/mol. The SMILES string of the molecule is CC1CC(=O)NN=C1c1c(C(C)C)nn2c1C1CC1C=C2. The molecular weight excluding hydrogens is 264 g/mol. The van der Waals surface area contributed by atoms with E-state index in [0.29, 0.717) is 24.2 Å². The highest BCUT2D eigenvalue weighted by Crippen LogP contribution is 2.53. The highest BCUT2D eigenvalue weighted by molar-refractivity contribution is 6.07. The number of amides is 1. The molecule has 1 amide bonds. The first-order valence-corrected chi connectivity index (χ1v) is 7.73. The molecule has 0 aromatic carbocycles. The number of hydrazone groups is 1. The molecular formula is C16H20N4O. The van der Waals surface area contributed by atoms with Crippen LogP contribution in [0.1, 0.15) is 62.4 Å². The second kappa shape index (κ2) is 4.29. The zero-order valence-electron chi connectivity index (χ0n) is 12.6. The number of carbonyl (C=O) groups is 1. The van der Waals surface area contributed by atoms with Crippen LogP contribution < -0.4 is 5.43 Å². The highest BCUT2D eigenvalue weighted by atomic mass is 16.2. The highest BCUT2D eigenvalue weighted by Gasteiger charge is 2.45. The second-order valence-corrected chi connectivity index (χ2v) is 6.73. The Balaban J connectivity index is 1.89. The van der Waals surface area contributed by atoms with Gasteiger partial charge in [-0.05, 0) is 18.3 Å². The average Bonchev–Trinajstić information content (AvgIpc) is 3.12. The molecule has 110 valence electrons. The lowest BCUT2D eigenvalue weighted by Gasteiger charge is -2.21. The van der Waals surface area contributed by atoms with Gasteiger partial charge in [0.2, 0.25) is 5.91 Å². The van der Waals surface area contributed by atoms with Gasteiger partial charge in [0.05, 0.1) is 17.1 Å². The molecule has 1 fully saturated rings. The van der Waals surface area contributed by atoms with Gasteiger partial charge in [-0.25, -0.2) is 10.1 Å². The van der Waals surface area contributed by atoms with Crippen molar-refractivity contribution in [3.63, 3.8) is 0 Å². The van der Waals surface area contributed by atoms with Gasteiger partial charge >= 0.3 is 0 Å². The fourth-order valence-corrected chi connectivity index (χ4v) is 3.49. The second-order valence-electron chi connectivity index (χ2n) is 6.73. The maximum Gasteiger partial charge on any atom is 0.240 e. The lowest BCUT2D eigenvalue weighted by molar-refractivity contribution is -0.121. The first-order chi connectivity index (χ1) is 10.1. The molecule has 3 aliphatic rings. The molecule has 3 atom stereocenters. The van der Waals surface area contributed by atoms with E-state index in [1.54, 1.807) is 0 Å². The first-order valence-electron chi connectivity index (χ1n) is 7.73. The molecule has 1 saturated carbocycles. The number of aromatic nitrogens is 2. The van der Waals surface area contributed by atoms with Crippen LogP contribution >= 0.6 is 0 Å². The minimum Gasteiger partial charge on any atom is -0.273 e. The molecule has 1 aromatic rings. The fraction of sp³-hybridized carbons (Fsp3) is 0.562. The standard InChI is InChI=1S/C16H20N4O/c1-8(2)14-13(15-9(3)6-12(21)17-18-15)16-11-7-10(11)4-5-20(16)19-14/h4-5,8-11H,6-7H2,1-3H3,(H,17,21). The van der Waals surface area contributed by atoms with Crippen molar-refractivity contribution in [3.8, 4) is 0 Å². The Kier molecular flexibility index (Phi) is 2.62. The smallest absolute Gasteiger partial charge is 0.240 e. The molecule has 3 heterocycles. The van der Waals surface area contributed by atoms with Crippen LogP contribution in [0.2, 0.25) is 0 Å². The van der Waals surface area contributed by atoms with Gasteiger partial charge < -0.3 is 0 Å². The summed E-state index contributed by atoms with van der Waals surface area (Å²) in [6.45, 7) is 6.41. The van der Waals surface area contributed by atoms with Gasteiger partial charge in [-0.3, -0.25) is 4.79 Å². The summed E-state index contributed by atoms with van der Waals surface area (Å²) in [5.41, 5.74) is 7.24. The van der Waals surface area contributed by atoms with E-state index in [4.69, 9.17) is 5.10 Å². The van der Waals surface area contributed by atoms with Gasteiger partial charge in [0.1, 0.15) is 0 Å². The summed E-state index contributed by atoms with van der Waals surface area (Å²) in [6.07, 6.45) is 6.06. The van der Waals surface area contributed by atoms with E-state index in [1.807, 2.05) is 4.68 Å². The number of allylic oxidation sites excluding steroid dienone is 1. The van der Waals surface area contributed by atoms with E-state index in [9.17, 15) is 4.79 Å². The zero-order chi connectivity index (χ0) is 14.7. The summed E-state index contributed by atoms with van der Waals surface area (Å²) < 4.78 is 2.03. The number of fused-ring (bicyclic) bond motifs is 3. The van der Waals surface area contributed by atoms with Gasteiger partial charge in [0.25, 0.3) is 0 Å². The van der Waals surface area contributed by atoms with E-state index < -0.39 is 0 Å². The summed E-state index contributed by atoms with van der Waals surface area (Å²) in [6, 6.07) is 0. The Morgan fingerprint density at radius 2 is 2.24 bits per heavy atom. The van der Waals surface area contributed by atoms with E-state index >= 15 is 0 Å². The van der Waals surface area contributed by atoms with E-state index in [2.05, 4.69) is 43.6 Å². The van der Waals surface area contributed by atoms with Crippen molar-refractivity contribution in [2.24, 2.45) is 16.9 Å². The molecule has 0 bridgehead atoms. The van der Waals surface area contributed by atoms with Crippen LogP contribution in [0.15, 0.2) is 11.2 Å². The summed E-state index contributed by atoms with van der Waals surface area (Å²) in [4.78, 5) is 11.5. The number of hydrogen-bond acceptors (Lipinski definition) is 3. The Labute approximate surface area is 124 Å². The third-order valence-corrected chi connectivity index (χ3v) is 4.70. The van der Waals surface area contributed by atoms with Crippen molar-refractivity contribution < 1.29 is 4.79 Å². The number of nitrogens with zero attached hydrogens (tertiary/aromatic N) is 3. The van der Waals surface area contributed by atoms with E-state index in [0.717, 1.165) is 11.4 Å². The lowest BCUT2D eigenvalue weighted by atomic mass is 9.88. The average molecular weight is 284 g/mol. The largest absolute Gasteiger partial charge is 0.273 e. The Hall–Kier alpha value is -1.91. The summed E-state index contributed by atoms with van der Waals surface area (Å²) in [7, 11) is 0. The topological polar surface area (TPSA) is 59.3 Å². The third-order valence-electron chi connectivity index (χ3n) is 4.70. The van der Waals surface area contributed by atoms with Crippen LogP contribution in [-0.2, 0) is 4.79 Å². The Morgan fingerprint density at radius 1 is 1.43 bits per heavy atom. The number of nitrogens with one attached hydrogen (secondary N) is 1. The monoisotopic (exact) mass is 284 g/mol. The molecule has 0 saturated heterocycles. The Bertz CT molecular complexity index is 683. The summed E-state index contributed by atoms with van der Waals surface area (Å²) in [5.74, 6) is 1.74. The van der Waals surface area contributed by atoms with Crippen LogP contribution in [0.5, 0.6) is 0 Å². The first kappa shape index (κ1) is 12.8. The molecule has 0 radical (unpaired) electrons. The lowest BCUT2D eigenvalue weighted by Crippen LogP contribution is -2.33. The third kappa shape index (κ3) is 1.87. The maximum absolute atomic E-state index is 11.5. The molecule has 2 aliphatic heterocycles. The maximum atomic E-state index is 11.5. The normalized spacial score (nSPS) is 29.8. The quantitative estimate of drug-likeness (QED) is 0.907. The van der Waals surface area contributed by atoms with Crippen LogP contribution in [0.4, 0.5) is 0 Å². The van der Waals surface area contributed by atoms with Crippen LogP contribution in [0.3, 0.4) is 0 Å². The molecule has 1 aromatic heterocycles. The van der Waals surface area contributed by atoms with Gasteiger partial charge in [0.15, 0.2) is 0 Å². The molecule has 21 heavy (non-hydrogen) atoms. The van der Waals surface area contributed by atoms with Gasteiger partial charge in [-0.2, -0.15) is 10.2 Å². The van der Waals surface area contributed by atoms with Gasteiger partial charge in [-0.15, -0.1) is 0 Å². The molecule has 5 heteroatoms. The molecule has 1 aliphatic carbocycles. The van der Waals surface area contributed by atoms with Crippen LogP contribution in [0.25, 0.3) is 6.20 Å². The predicted octanol–water partition coefficient (Wildman–Crippen LogP) is 2.45. The Morgan fingerprint density at radius 3 is 2.95 bits per heavy atom. The summed E-state index contributed by atoms with van der Waals surface area (Å²) >= 11 is 0. The van der Waals surface area contributed by atoms with Gasteiger partial charge in [-0.1, -0.05) is 26.8 Å². The van der Waals surface area contributed by atoms with Crippen molar-refractivity contribution >= 4 is 17.8 Å². The van der Waals surface area contributed by atoms with Crippen molar-refractivity contribution in [3.05, 3.63) is 23.0 Å². The van der Waals surface area contributed by atoms with Crippen LogP contribution in [-0.4, -0.2) is 21.4 Å². The van der Waals surface area contributed by atoms with Crippen molar-refractivity contribution in [1.82, 2.24) is 15.2 Å². The number of hydrogen-bond donors (Lipinski definition) is 1.